The molecule has 0 spiro atoms. The molecule has 10 aromatic rings. The van der Waals surface area contributed by atoms with E-state index in [1.807, 2.05) is 18.2 Å². The molecule has 0 amide bonds. The molecule has 8 aromatic carbocycles. The SMILES string of the molecule is CC/C=C\C(=C1\C=CC=CC1)c1cc(-c2cccc3ccccc23)nc(-c2cccc(-n3c4ccccc4c4ccc(-c5ccc(C)c(-c6ccccc6CCC)c5)cc43)c2)n1.Cc1ccccc1. The highest BCUT2D eigenvalue weighted by Crippen LogP contribution is 2.39. The summed E-state index contributed by atoms with van der Waals surface area (Å²) < 4.78 is 2.41. The second kappa shape index (κ2) is 20.4. The maximum absolute atomic E-state index is 5.41. The fourth-order valence-electron chi connectivity index (χ4n) is 9.72. The van der Waals surface area contributed by atoms with Crippen molar-refractivity contribution in [1.29, 1.82) is 0 Å². The van der Waals surface area contributed by atoms with Crippen molar-refractivity contribution in [2.24, 2.45) is 0 Å². The summed E-state index contributed by atoms with van der Waals surface area (Å²) in [5, 5.41) is 4.81. The van der Waals surface area contributed by atoms with Crippen LogP contribution in [0.1, 0.15) is 55.5 Å². The minimum Gasteiger partial charge on any atom is -0.309 e. The Labute approximate surface area is 407 Å². The van der Waals surface area contributed by atoms with Gasteiger partial charge in [0.25, 0.3) is 0 Å². The van der Waals surface area contributed by atoms with Gasteiger partial charge in [-0.15, -0.1) is 0 Å². The van der Waals surface area contributed by atoms with E-state index < -0.39 is 0 Å². The van der Waals surface area contributed by atoms with Crippen LogP contribution < -0.4 is 0 Å². The Balaban J connectivity index is 0.000000727. The van der Waals surface area contributed by atoms with E-state index in [9.17, 15) is 0 Å². The molecule has 0 N–H and O–H groups in total. The largest absolute Gasteiger partial charge is 0.309 e. The molecule has 0 aliphatic heterocycles. The second-order valence-corrected chi connectivity index (χ2v) is 18.0. The van der Waals surface area contributed by atoms with Crippen molar-refractivity contribution >= 4 is 38.2 Å². The van der Waals surface area contributed by atoms with Gasteiger partial charge in [0.2, 0.25) is 0 Å². The Morgan fingerprint density at radius 3 is 2.10 bits per heavy atom. The van der Waals surface area contributed by atoms with Crippen LogP contribution in [-0.4, -0.2) is 14.5 Å². The third-order valence-electron chi connectivity index (χ3n) is 13.2. The molecule has 1 aliphatic carbocycles. The van der Waals surface area contributed by atoms with Gasteiger partial charge >= 0.3 is 0 Å². The predicted molar refractivity (Wildman–Crippen MR) is 295 cm³/mol. The highest BCUT2D eigenvalue weighted by Gasteiger charge is 2.18. The van der Waals surface area contributed by atoms with E-state index in [2.05, 4.69) is 239 Å². The van der Waals surface area contributed by atoms with Crippen LogP contribution in [0.25, 0.3) is 88.7 Å². The van der Waals surface area contributed by atoms with E-state index in [4.69, 9.17) is 9.97 Å². The van der Waals surface area contributed by atoms with Gasteiger partial charge in [-0.25, -0.2) is 9.97 Å². The molecule has 11 rings (SSSR count). The van der Waals surface area contributed by atoms with Gasteiger partial charge < -0.3 is 4.57 Å². The number of rotatable bonds is 10. The fraction of sp³-hybridized carbons (Fsp3) is 0.121. The van der Waals surface area contributed by atoms with Gasteiger partial charge in [-0.1, -0.05) is 214 Å². The maximum Gasteiger partial charge on any atom is 0.160 e. The van der Waals surface area contributed by atoms with Gasteiger partial charge in [0.1, 0.15) is 0 Å². The monoisotopic (exact) mass is 891 g/mol. The Bertz CT molecular complexity index is 3590. The molecule has 2 aromatic heterocycles. The summed E-state index contributed by atoms with van der Waals surface area (Å²) in [4.78, 5) is 10.8. The van der Waals surface area contributed by atoms with Crippen molar-refractivity contribution < 1.29 is 0 Å². The highest BCUT2D eigenvalue weighted by molar-refractivity contribution is 6.10. The first-order valence-electron chi connectivity index (χ1n) is 24.4. The second-order valence-electron chi connectivity index (χ2n) is 18.0. The minimum absolute atomic E-state index is 0.697. The number of fused-ring (bicyclic) bond motifs is 4. The fourth-order valence-corrected chi connectivity index (χ4v) is 9.72. The molecule has 69 heavy (non-hydrogen) atoms. The summed E-state index contributed by atoms with van der Waals surface area (Å²) >= 11 is 0. The molecule has 0 bridgehead atoms. The predicted octanol–water partition coefficient (Wildman–Crippen LogP) is 17.9. The number of benzene rings is 8. The number of aromatic nitrogens is 3. The average Bonchev–Trinajstić information content (AvgIpc) is 3.73. The number of nitrogens with zero attached hydrogens (tertiary/aromatic N) is 3. The Morgan fingerprint density at radius 2 is 1.29 bits per heavy atom. The van der Waals surface area contributed by atoms with E-state index in [1.54, 1.807) is 0 Å². The first-order chi connectivity index (χ1) is 34.0. The molecule has 0 fully saturated rings. The maximum atomic E-state index is 5.41. The molecule has 0 saturated heterocycles. The number of allylic oxidation sites excluding steroid dienone is 8. The molecule has 1 aliphatic rings. The lowest BCUT2D eigenvalue weighted by molar-refractivity contribution is 0.923. The lowest BCUT2D eigenvalue weighted by Crippen LogP contribution is -2.01. The van der Waals surface area contributed by atoms with E-state index in [0.29, 0.717) is 5.82 Å². The number of para-hydroxylation sites is 1. The van der Waals surface area contributed by atoms with Crippen LogP contribution in [0.5, 0.6) is 0 Å². The zero-order valence-electron chi connectivity index (χ0n) is 40.0. The lowest BCUT2D eigenvalue weighted by atomic mass is 9.91. The third kappa shape index (κ3) is 9.42. The van der Waals surface area contributed by atoms with Crippen LogP contribution in [0.4, 0.5) is 0 Å². The molecule has 0 atom stereocenters. The third-order valence-corrected chi connectivity index (χ3v) is 13.2. The van der Waals surface area contributed by atoms with E-state index in [0.717, 1.165) is 70.5 Å². The summed E-state index contributed by atoms with van der Waals surface area (Å²) in [6.45, 7) is 8.74. The number of hydrogen-bond donors (Lipinski definition) is 0. The molecule has 3 heteroatoms. The zero-order chi connectivity index (χ0) is 47.1. The van der Waals surface area contributed by atoms with Gasteiger partial charge in [-0.3, -0.25) is 0 Å². The molecule has 0 unspecified atom stereocenters. The molecule has 336 valence electrons. The van der Waals surface area contributed by atoms with Crippen molar-refractivity contribution in [3.05, 3.63) is 252 Å². The summed E-state index contributed by atoms with van der Waals surface area (Å²) in [7, 11) is 0. The van der Waals surface area contributed by atoms with Crippen molar-refractivity contribution in [1.82, 2.24) is 14.5 Å². The van der Waals surface area contributed by atoms with Crippen LogP contribution in [0.2, 0.25) is 0 Å². The first kappa shape index (κ1) is 44.7. The molecular weight excluding hydrogens is 835 g/mol. The van der Waals surface area contributed by atoms with E-state index in [1.165, 1.54) is 66.1 Å². The molecule has 2 heterocycles. The summed E-state index contributed by atoms with van der Waals surface area (Å²) in [6, 6.07) is 67.8. The summed E-state index contributed by atoms with van der Waals surface area (Å²) in [6.07, 6.45) is 17.1. The van der Waals surface area contributed by atoms with Crippen LogP contribution in [0.15, 0.2) is 230 Å². The van der Waals surface area contributed by atoms with Crippen molar-refractivity contribution in [3.63, 3.8) is 0 Å². The van der Waals surface area contributed by atoms with Crippen molar-refractivity contribution in [2.45, 2.75) is 53.4 Å². The molecule has 0 radical (unpaired) electrons. The Kier molecular flexibility index (Phi) is 13.2. The molecule has 0 saturated carbocycles. The van der Waals surface area contributed by atoms with E-state index in [-0.39, 0.29) is 0 Å². The average molecular weight is 892 g/mol. The van der Waals surface area contributed by atoms with Crippen molar-refractivity contribution in [2.75, 3.05) is 0 Å². The topological polar surface area (TPSA) is 30.7 Å². The standard InChI is InChI=1S/C59H49N3.C7H8/c1-4-6-26-50(43-19-8-7-9-20-43)55-39-56(51-30-17-23-42-22-11-12-27-48(42)51)61-59(60-55)46-24-16-25-47(36-46)62-57-31-15-14-29-52(57)53-35-34-45(38-58(53)62)44-33-32-40(3)54(37-44)49-28-13-10-21-41(49)18-5-2;1-7-5-3-2-4-6-7/h6-17,19,21-39H,4-5,18,20H2,1-3H3;2-6H,1H3/b26-6-,50-43+;. The Morgan fingerprint density at radius 1 is 0.565 bits per heavy atom. The van der Waals surface area contributed by atoms with Crippen molar-refractivity contribution in [3.8, 4) is 50.6 Å². The first-order valence-corrected chi connectivity index (χ1v) is 24.4. The Hall–Kier alpha value is -8.14. The summed E-state index contributed by atoms with van der Waals surface area (Å²) in [5.41, 5.74) is 18.7. The van der Waals surface area contributed by atoms with Gasteiger partial charge in [0, 0.05) is 33.2 Å². The van der Waals surface area contributed by atoms with E-state index >= 15 is 0 Å². The normalized spacial score (nSPS) is 13.0. The van der Waals surface area contributed by atoms with Gasteiger partial charge in [-0.05, 0) is 119 Å². The lowest BCUT2D eigenvalue weighted by Gasteiger charge is -2.15. The zero-order valence-corrected chi connectivity index (χ0v) is 40.0. The number of aryl methyl sites for hydroxylation is 3. The molecular formula is C66H57N3. The van der Waals surface area contributed by atoms with Gasteiger partial charge in [0.05, 0.1) is 22.4 Å². The minimum atomic E-state index is 0.697. The van der Waals surface area contributed by atoms with Crippen LogP contribution in [-0.2, 0) is 6.42 Å². The van der Waals surface area contributed by atoms with Crippen LogP contribution in [0.3, 0.4) is 0 Å². The van der Waals surface area contributed by atoms with Crippen LogP contribution >= 0.6 is 0 Å². The highest BCUT2D eigenvalue weighted by atomic mass is 15.0. The van der Waals surface area contributed by atoms with Crippen LogP contribution in [0, 0.1) is 13.8 Å². The number of hydrogen-bond acceptors (Lipinski definition) is 2. The van der Waals surface area contributed by atoms with Gasteiger partial charge in [-0.2, -0.15) is 0 Å². The smallest absolute Gasteiger partial charge is 0.160 e. The summed E-state index contributed by atoms with van der Waals surface area (Å²) in [5.74, 6) is 0.697. The van der Waals surface area contributed by atoms with Gasteiger partial charge in [0.15, 0.2) is 5.82 Å². The molecule has 3 nitrogen and oxygen atoms in total. The quantitative estimate of drug-likeness (QED) is 0.137.